The highest BCUT2D eigenvalue weighted by atomic mass is 16.7. The molecule has 2 aliphatic rings. The summed E-state index contributed by atoms with van der Waals surface area (Å²) in [5.41, 5.74) is 1.75. The van der Waals surface area contributed by atoms with Gasteiger partial charge in [0.1, 0.15) is 0 Å². The van der Waals surface area contributed by atoms with Crippen LogP contribution in [0, 0.1) is 0 Å². The first kappa shape index (κ1) is 11.7. The third-order valence-electron chi connectivity index (χ3n) is 3.68. The third kappa shape index (κ3) is 2.02. The lowest BCUT2D eigenvalue weighted by molar-refractivity contribution is 0.120. The predicted molar refractivity (Wildman–Crippen MR) is 73.1 cm³/mol. The van der Waals surface area contributed by atoms with Crippen molar-refractivity contribution in [3.8, 4) is 11.5 Å². The van der Waals surface area contributed by atoms with Crippen molar-refractivity contribution in [3.63, 3.8) is 0 Å². The average Bonchev–Trinajstić information content (AvgIpc) is 3.13. The number of hydrogen-bond donors (Lipinski definition) is 1. The fourth-order valence-corrected chi connectivity index (χ4v) is 2.62. The van der Waals surface area contributed by atoms with Gasteiger partial charge in [0, 0.05) is 24.6 Å². The fourth-order valence-electron chi connectivity index (χ4n) is 2.62. The lowest BCUT2D eigenvalue weighted by atomic mass is 10.1. The molecule has 104 valence electrons. The number of anilines is 1. The molecule has 2 aliphatic heterocycles. The zero-order chi connectivity index (χ0) is 13.4. The number of fused-ring (bicyclic) bond motifs is 2. The largest absolute Gasteiger partial charge is 0.454 e. The van der Waals surface area contributed by atoms with E-state index in [1.165, 1.54) is 0 Å². The smallest absolute Gasteiger partial charge is 0.231 e. The molecule has 20 heavy (non-hydrogen) atoms. The predicted octanol–water partition coefficient (Wildman–Crippen LogP) is 1.95. The normalized spacial score (nSPS) is 20.5. The highest BCUT2D eigenvalue weighted by molar-refractivity contribution is 5.93. The maximum atomic E-state index is 5.62. The number of benzene rings is 1. The molecule has 1 atom stereocenters. The maximum Gasteiger partial charge on any atom is 0.231 e. The zero-order valence-electron chi connectivity index (χ0n) is 11.0. The van der Waals surface area contributed by atoms with Crippen molar-refractivity contribution < 1.29 is 14.2 Å². The van der Waals surface area contributed by atoms with E-state index in [0.29, 0.717) is 0 Å². The van der Waals surface area contributed by atoms with Gasteiger partial charge >= 0.3 is 0 Å². The van der Waals surface area contributed by atoms with Gasteiger partial charge in [-0.3, -0.25) is 0 Å². The van der Waals surface area contributed by atoms with Crippen LogP contribution < -0.4 is 14.8 Å². The van der Waals surface area contributed by atoms with Crippen LogP contribution in [0.1, 0.15) is 12.8 Å². The molecule has 1 aromatic heterocycles. The standard InChI is InChI=1S/C14H15N3O3/c1-2-9(18-3-1)6-15-12-7-16-17-11-5-14-13(4-10(11)12)19-8-20-14/h4-5,7,9H,1-3,6,8H2,(H,15,17). The lowest BCUT2D eigenvalue weighted by Gasteiger charge is -2.13. The Morgan fingerprint density at radius 2 is 2.15 bits per heavy atom. The monoisotopic (exact) mass is 273 g/mol. The fraction of sp³-hybridized carbons (Fsp3) is 0.429. The number of ether oxygens (including phenoxy) is 3. The van der Waals surface area contributed by atoms with Crippen molar-refractivity contribution in [1.29, 1.82) is 0 Å². The van der Waals surface area contributed by atoms with E-state index in [1.54, 1.807) is 6.20 Å². The number of rotatable bonds is 3. The molecule has 1 fully saturated rings. The van der Waals surface area contributed by atoms with Crippen LogP contribution in [-0.4, -0.2) is 36.2 Å². The topological polar surface area (TPSA) is 65.5 Å². The van der Waals surface area contributed by atoms with E-state index >= 15 is 0 Å². The molecule has 6 nitrogen and oxygen atoms in total. The number of nitrogens with zero attached hydrogens (tertiary/aromatic N) is 2. The van der Waals surface area contributed by atoms with Crippen LogP contribution in [0.25, 0.3) is 10.9 Å². The van der Waals surface area contributed by atoms with Gasteiger partial charge in [-0.1, -0.05) is 0 Å². The molecule has 3 heterocycles. The van der Waals surface area contributed by atoms with Crippen LogP contribution in [0.5, 0.6) is 11.5 Å². The molecular weight excluding hydrogens is 258 g/mol. The number of hydrogen-bond acceptors (Lipinski definition) is 6. The molecule has 6 heteroatoms. The molecule has 0 amide bonds. The number of aromatic nitrogens is 2. The molecule has 0 spiro atoms. The first-order valence-corrected chi connectivity index (χ1v) is 6.81. The summed E-state index contributed by atoms with van der Waals surface area (Å²) in [6.45, 7) is 1.91. The summed E-state index contributed by atoms with van der Waals surface area (Å²) >= 11 is 0. The van der Waals surface area contributed by atoms with Crippen LogP contribution in [0.2, 0.25) is 0 Å². The van der Waals surface area contributed by atoms with Gasteiger partial charge in [-0.2, -0.15) is 10.2 Å². The Hall–Kier alpha value is -2.08. The van der Waals surface area contributed by atoms with Gasteiger partial charge < -0.3 is 19.5 Å². The third-order valence-corrected chi connectivity index (χ3v) is 3.68. The van der Waals surface area contributed by atoms with Crippen LogP contribution in [0.15, 0.2) is 18.3 Å². The Bertz CT molecular complexity index is 641. The Labute approximate surface area is 116 Å². The Kier molecular flexibility index (Phi) is 2.81. The van der Waals surface area contributed by atoms with E-state index in [1.807, 2.05) is 12.1 Å². The van der Waals surface area contributed by atoms with Crippen molar-refractivity contribution in [1.82, 2.24) is 10.2 Å². The van der Waals surface area contributed by atoms with Crippen molar-refractivity contribution in [2.45, 2.75) is 18.9 Å². The molecule has 0 saturated carbocycles. The van der Waals surface area contributed by atoms with Crippen molar-refractivity contribution in [2.75, 3.05) is 25.3 Å². The second kappa shape index (κ2) is 4.79. The van der Waals surface area contributed by atoms with Gasteiger partial charge in [0.15, 0.2) is 11.5 Å². The minimum absolute atomic E-state index is 0.262. The van der Waals surface area contributed by atoms with E-state index in [-0.39, 0.29) is 12.9 Å². The van der Waals surface area contributed by atoms with Gasteiger partial charge in [0.2, 0.25) is 6.79 Å². The van der Waals surface area contributed by atoms with E-state index in [4.69, 9.17) is 14.2 Å². The summed E-state index contributed by atoms with van der Waals surface area (Å²) in [5.74, 6) is 1.48. The summed E-state index contributed by atoms with van der Waals surface area (Å²) in [6.07, 6.45) is 4.27. The van der Waals surface area contributed by atoms with Gasteiger partial charge in [-0.25, -0.2) is 0 Å². The highest BCUT2D eigenvalue weighted by Gasteiger charge is 2.18. The quantitative estimate of drug-likeness (QED) is 0.922. The average molecular weight is 273 g/mol. The second-order valence-corrected chi connectivity index (χ2v) is 5.00. The van der Waals surface area contributed by atoms with E-state index in [2.05, 4.69) is 15.5 Å². The van der Waals surface area contributed by atoms with E-state index in [9.17, 15) is 0 Å². The SMILES string of the molecule is c1nnc2cc3c(cc2c1NCC1CCCO1)OCO3. The molecule has 0 radical (unpaired) electrons. The first-order chi connectivity index (χ1) is 9.90. The van der Waals surface area contributed by atoms with Gasteiger partial charge in [-0.05, 0) is 18.9 Å². The summed E-state index contributed by atoms with van der Waals surface area (Å²) < 4.78 is 16.4. The summed E-state index contributed by atoms with van der Waals surface area (Å²) in [4.78, 5) is 0. The Morgan fingerprint density at radius 3 is 3.00 bits per heavy atom. The first-order valence-electron chi connectivity index (χ1n) is 6.81. The Morgan fingerprint density at radius 1 is 1.25 bits per heavy atom. The second-order valence-electron chi connectivity index (χ2n) is 5.00. The van der Waals surface area contributed by atoms with Crippen molar-refractivity contribution >= 4 is 16.6 Å². The number of nitrogens with one attached hydrogen (secondary N) is 1. The Balaban J connectivity index is 1.64. The maximum absolute atomic E-state index is 5.62. The van der Waals surface area contributed by atoms with Crippen LogP contribution >= 0.6 is 0 Å². The molecule has 1 saturated heterocycles. The van der Waals surface area contributed by atoms with E-state index < -0.39 is 0 Å². The van der Waals surface area contributed by atoms with Crippen LogP contribution in [-0.2, 0) is 4.74 Å². The summed E-state index contributed by atoms with van der Waals surface area (Å²) in [6, 6.07) is 3.81. The van der Waals surface area contributed by atoms with Gasteiger partial charge in [-0.15, -0.1) is 0 Å². The molecule has 1 unspecified atom stereocenters. The lowest BCUT2D eigenvalue weighted by Crippen LogP contribution is -2.18. The minimum atomic E-state index is 0.262. The van der Waals surface area contributed by atoms with Gasteiger partial charge in [0.25, 0.3) is 0 Å². The van der Waals surface area contributed by atoms with Gasteiger partial charge in [0.05, 0.1) is 23.5 Å². The molecule has 0 aliphatic carbocycles. The van der Waals surface area contributed by atoms with E-state index in [0.717, 1.165) is 54.1 Å². The van der Waals surface area contributed by atoms with Crippen LogP contribution in [0.3, 0.4) is 0 Å². The summed E-state index contributed by atoms with van der Waals surface area (Å²) in [5, 5.41) is 12.6. The van der Waals surface area contributed by atoms with Crippen molar-refractivity contribution in [3.05, 3.63) is 18.3 Å². The van der Waals surface area contributed by atoms with Crippen LogP contribution in [0.4, 0.5) is 5.69 Å². The molecule has 1 aromatic carbocycles. The van der Waals surface area contributed by atoms with Crippen molar-refractivity contribution in [2.24, 2.45) is 0 Å². The molecular formula is C14H15N3O3. The highest BCUT2D eigenvalue weighted by Crippen LogP contribution is 2.37. The molecule has 1 N–H and O–H groups in total. The minimum Gasteiger partial charge on any atom is -0.454 e. The molecule has 4 rings (SSSR count). The molecule has 2 aromatic rings. The molecule has 0 bridgehead atoms. The summed E-state index contributed by atoms with van der Waals surface area (Å²) in [7, 11) is 0. The zero-order valence-corrected chi connectivity index (χ0v) is 11.0.